The average molecular weight is 446 g/mol. The number of thiocarbonyl (C=S) groups is 1. The van der Waals surface area contributed by atoms with Gasteiger partial charge in [0.2, 0.25) is 5.91 Å². The predicted octanol–water partition coefficient (Wildman–Crippen LogP) is 5.50. The van der Waals surface area contributed by atoms with E-state index in [9.17, 15) is 9.90 Å². The Balaban J connectivity index is 1.50. The van der Waals surface area contributed by atoms with Crippen molar-refractivity contribution in [1.82, 2.24) is 10.3 Å². The number of aromatic nitrogens is 1. The summed E-state index contributed by atoms with van der Waals surface area (Å²) in [6.45, 7) is 1.81. The minimum absolute atomic E-state index is 0.169. The maximum Gasteiger partial charge on any atom is 0.250 e. The first-order valence-electron chi connectivity index (χ1n) is 9.54. The van der Waals surface area contributed by atoms with E-state index in [1.165, 1.54) is 17.4 Å². The Hall–Kier alpha value is -3.55. The Bertz CT molecular complexity index is 1260. The highest BCUT2D eigenvalue weighted by molar-refractivity contribution is 7.80. The largest absolute Gasteiger partial charge is 0.507 e. The zero-order valence-electron chi connectivity index (χ0n) is 16.6. The van der Waals surface area contributed by atoms with E-state index in [0.29, 0.717) is 21.8 Å². The molecule has 0 bridgehead atoms. The van der Waals surface area contributed by atoms with Gasteiger partial charge in [-0.05, 0) is 60.6 Å². The summed E-state index contributed by atoms with van der Waals surface area (Å²) in [6, 6.07) is 20.9. The fraction of sp³-hybridized carbons (Fsp3) is 0.0417. The minimum atomic E-state index is -0.330. The number of nitrogens with one attached hydrogen (secondary N) is 2. The number of phenols is 1. The lowest BCUT2D eigenvalue weighted by Crippen LogP contribution is -2.32. The first kappa shape index (κ1) is 20.7. The third-order valence-corrected chi connectivity index (χ3v) is 5.82. The second kappa shape index (κ2) is 9.07. The monoisotopic (exact) mass is 445 g/mol. The molecule has 3 N–H and O–H groups in total. The number of benzene rings is 3. The molecule has 31 heavy (non-hydrogen) atoms. The molecule has 0 spiro atoms. The summed E-state index contributed by atoms with van der Waals surface area (Å²) in [4.78, 5) is 16.8. The Morgan fingerprint density at radius 2 is 1.84 bits per heavy atom. The number of carbonyl (C=O) groups excluding carboxylic acids is 1. The van der Waals surface area contributed by atoms with E-state index in [1.807, 2.05) is 61.5 Å². The summed E-state index contributed by atoms with van der Waals surface area (Å²) in [6.07, 6.45) is 3.14. The van der Waals surface area contributed by atoms with E-state index in [-0.39, 0.29) is 16.8 Å². The molecule has 1 aromatic heterocycles. The number of aryl methyl sites for hydroxylation is 1. The number of fused-ring (bicyclic) bond motifs is 1. The molecule has 0 fully saturated rings. The number of aromatic hydroxyl groups is 1. The molecule has 7 heteroatoms. The first-order valence-corrected chi connectivity index (χ1v) is 10.8. The molecular weight excluding hydrogens is 426 g/mol. The van der Waals surface area contributed by atoms with Crippen LogP contribution in [0.1, 0.15) is 11.1 Å². The van der Waals surface area contributed by atoms with Crippen LogP contribution < -0.4 is 10.6 Å². The topological polar surface area (TPSA) is 74.2 Å². The summed E-state index contributed by atoms with van der Waals surface area (Å²) in [5.41, 5.74) is 3.75. The highest BCUT2D eigenvalue weighted by Crippen LogP contribution is 2.38. The van der Waals surface area contributed by atoms with E-state index in [0.717, 1.165) is 15.8 Å². The van der Waals surface area contributed by atoms with Crippen molar-refractivity contribution in [2.45, 2.75) is 6.92 Å². The molecule has 0 aliphatic rings. The average Bonchev–Trinajstić information content (AvgIpc) is 3.19. The molecular formula is C24H19N3O2S2. The molecule has 0 aliphatic carbocycles. The molecule has 154 valence electrons. The van der Waals surface area contributed by atoms with Crippen LogP contribution in [-0.2, 0) is 4.79 Å². The smallest absolute Gasteiger partial charge is 0.250 e. The second-order valence-electron chi connectivity index (χ2n) is 6.86. The zero-order chi connectivity index (χ0) is 21.8. The van der Waals surface area contributed by atoms with Gasteiger partial charge in [-0.1, -0.05) is 42.5 Å². The van der Waals surface area contributed by atoms with Gasteiger partial charge in [0.25, 0.3) is 0 Å². The summed E-state index contributed by atoms with van der Waals surface area (Å²) in [7, 11) is 0. The van der Waals surface area contributed by atoms with Crippen LogP contribution in [0, 0.1) is 6.92 Å². The van der Waals surface area contributed by atoms with Gasteiger partial charge in [0.15, 0.2) is 5.11 Å². The van der Waals surface area contributed by atoms with Crippen LogP contribution in [0.5, 0.6) is 5.75 Å². The third-order valence-electron chi connectivity index (χ3n) is 4.55. The molecule has 0 radical (unpaired) electrons. The van der Waals surface area contributed by atoms with Gasteiger partial charge in [0.1, 0.15) is 10.8 Å². The molecule has 1 amide bonds. The first-order chi connectivity index (χ1) is 15.0. The number of nitrogens with zero attached hydrogens (tertiary/aromatic N) is 1. The predicted molar refractivity (Wildman–Crippen MR) is 131 cm³/mol. The molecule has 0 unspecified atom stereocenters. The van der Waals surface area contributed by atoms with Crippen LogP contribution in [0.4, 0.5) is 5.69 Å². The van der Waals surface area contributed by atoms with E-state index < -0.39 is 0 Å². The molecule has 3 aromatic carbocycles. The minimum Gasteiger partial charge on any atom is -0.507 e. The Morgan fingerprint density at radius 3 is 2.61 bits per heavy atom. The summed E-state index contributed by atoms with van der Waals surface area (Å²) < 4.78 is 1.04. The van der Waals surface area contributed by atoms with Gasteiger partial charge < -0.3 is 10.4 Å². The number of thiazole rings is 1. The third kappa shape index (κ3) is 4.96. The molecule has 4 aromatic rings. The lowest BCUT2D eigenvalue weighted by Gasteiger charge is -2.12. The van der Waals surface area contributed by atoms with Crippen LogP contribution in [0.25, 0.3) is 26.9 Å². The number of amides is 1. The standard InChI is InChI=1S/C24H19N3O2S2/c1-15-13-17(25-24(30)27-21(28)12-11-16-7-3-2-4-8-16)14-18(22(15)29)23-26-19-9-5-6-10-20(19)31-23/h2-14,29H,1H3,(H2,25,27,28,30)/b12-11+. The van der Waals surface area contributed by atoms with Crippen LogP contribution in [0.3, 0.4) is 0 Å². The number of carbonyl (C=O) groups is 1. The summed E-state index contributed by atoms with van der Waals surface area (Å²) >= 11 is 6.78. The van der Waals surface area contributed by atoms with Crippen molar-refractivity contribution in [3.05, 3.63) is 83.9 Å². The van der Waals surface area contributed by atoms with Gasteiger partial charge in [0, 0.05) is 11.8 Å². The normalized spacial score (nSPS) is 11.0. The van der Waals surface area contributed by atoms with Gasteiger partial charge >= 0.3 is 0 Å². The molecule has 0 atom stereocenters. The Labute approximate surface area is 189 Å². The number of hydrogen-bond acceptors (Lipinski definition) is 5. The van der Waals surface area contributed by atoms with Crippen molar-refractivity contribution >= 4 is 56.6 Å². The van der Waals surface area contributed by atoms with Gasteiger partial charge in [-0.25, -0.2) is 4.98 Å². The number of phenolic OH excluding ortho intramolecular Hbond substituents is 1. The molecule has 4 rings (SSSR count). The molecule has 0 aliphatic heterocycles. The van der Waals surface area contributed by atoms with Gasteiger partial charge in [-0.15, -0.1) is 11.3 Å². The van der Waals surface area contributed by atoms with Crippen molar-refractivity contribution in [2.24, 2.45) is 0 Å². The van der Waals surface area contributed by atoms with E-state index in [1.54, 1.807) is 18.2 Å². The van der Waals surface area contributed by atoms with Crippen molar-refractivity contribution in [3.8, 4) is 16.3 Å². The fourth-order valence-corrected chi connectivity index (χ4v) is 4.26. The number of anilines is 1. The van der Waals surface area contributed by atoms with Crippen LogP contribution in [0.2, 0.25) is 0 Å². The van der Waals surface area contributed by atoms with Crippen molar-refractivity contribution in [3.63, 3.8) is 0 Å². The van der Waals surface area contributed by atoms with Crippen molar-refractivity contribution in [1.29, 1.82) is 0 Å². The van der Waals surface area contributed by atoms with Gasteiger partial charge in [-0.3, -0.25) is 10.1 Å². The number of para-hydroxylation sites is 1. The zero-order valence-corrected chi connectivity index (χ0v) is 18.3. The van der Waals surface area contributed by atoms with E-state index in [4.69, 9.17) is 12.2 Å². The fourth-order valence-electron chi connectivity index (χ4n) is 3.05. The quantitative estimate of drug-likeness (QED) is 0.220. The highest BCUT2D eigenvalue weighted by atomic mass is 32.1. The lowest BCUT2D eigenvalue weighted by atomic mass is 10.1. The lowest BCUT2D eigenvalue weighted by molar-refractivity contribution is -0.115. The van der Waals surface area contributed by atoms with Gasteiger partial charge in [0.05, 0.1) is 15.8 Å². The Morgan fingerprint density at radius 1 is 1.10 bits per heavy atom. The van der Waals surface area contributed by atoms with Crippen LogP contribution in [-0.4, -0.2) is 21.1 Å². The van der Waals surface area contributed by atoms with Crippen LogP contribution >= 0.6 is 23.6 Å². The van der Waals surface area contributed by atoms with E-state index >= 15 is 0 Å². The highest BCUT2D eigenvalue weighted by Gasteiger charge is 2.14. The van der Waals surface area contributed by atoms with E-state index in [2.05, 4.69) is 15.6 Å². The SMILES string of the molecule is Cc1cc(NC(=S)NC(=O)/C=C/c2ccccc2)cc(-c2nc3ccccc3s2)c1O. The van der Waals surface area contributed by atoms with Crippen LogP contribution in [0.15, 0.2) is 72.8 Å². The van der Waals surface area contributed by atoms with Gasteiger partial charge in [-0.2, -0.15) is 0 Å². The van der Waals surface area contributed by atoms with Crippen molar-refractivity contribution in [2.75, 3.05) is 5.32 Å². The molecule has 5 nitrogen and oxygen atoms in total. The molecule has 0 saturated heterocycles. The number of hydrogen-bond donors (Lipinski definition) is 3. The summed E-state index contributed by atoms with van der Waals surface area (Å²) in [5.74, 6) is -0.159. The molecule has 0 saturated carbocycles. The second-order valence-corrected chi connectivity index (χ2v) is 8.30. The molecule has 1 heterocycles. The summed E-state index contributed by atoms with van der Waals surface area (Å²) in [5, 5.41) is 17.1. The number of rotatable bonds is 4. The van der Waals surface area contributed by atoms with Crippen molar-refractivity contribution < 1.29 is 9.90 Å². The maximum atomic E-state index is 12.2. The Kier molecular flexibility index (Phi) is 6.06. The maximum absolute atomic E-state index is 12.2.